The van der Waals surface area contributed by atoms with E-state index in [0.29, 0.717) is 18.2 Å². The van der Waals surface area contributed by atoms with Gasteiger partial charge in [0, 0.05) is 44.7 Å². The molecule has 8 nitrogen and oxygen atoms in total. The van der Waals surface area contributed by atoms with Crippen molar-refractivity contribution in [2.24, 2.45) is 0 Å². The lowest BCUT2D eigenvalue weighted by molar-refractivity contribution is 0.108. The van der Waals surface area contributed by atoms with Crippen molar-refractivity contribution in [2.75, 3.05) is 38.7 Å². The second-order valence-corrected chi connectivity index (χ2v) is 6.14. The highest BCUT2D eigenvalue weighted by Crippen LogP contribution is 2.21. The van der Waals surface area contributed by atoms with Crippen molar-refractivity contribution in [1.82, 2.24) is 20.2 Å². The predicted molar refractivity (Wildman–Crippen MR) is 89.2 cm³/mol. The number of nitrogens with zero attached hydrogens (tertiary/aromatic N) is 3. The van der Waals surface area contributed by atoms with Crippen molar-refractivity contribution in [3.8, 4) is 5.88 Å². The van der Waals surface area contributed by atoms with Gasteiger partial charge < -0.3 is 25.0 Å². The molecular weight excluding hydrogens is 310 g/mol. The van der Waals surface area contributed by atoms with Gasteiger partial charge in [-0.3, -0.25) is 0 Å². The molecule has 0 spiro atoms. The largest absolute Gasteiger partial charge is 0.478 e. The van der Waals surface area contributed by atoms with Crippen LogP contribution in [0.3, 0.4) is 0 Å². The quantitative estimate of drug-likeness (QED) is 0.842. The molecule has 0 aliphatic carbocycles. The van der Waals surface area contributed by atoms with Crippen LogP contribution in [0.1, 0.15) is 25.7 Å². The summed E-state index contributed by atoms with van der Waals surface area (Å²) >= 11 is 0. The van der Waals surface area contributed by atoms with Gasteiger partial charge >= 0.3 is 6.03 Å². The lowest BCUT2D eigenvalue weighted by Gasteiger charge is -2.33. The number of hydrogen-bond acceptors (Lipinski definition) is 6. The van der Waals surface area contributed by atoms with E-state index in [-0.39, 0.29) is 18.2 Å². The number of piperidine rings is 1. The molecule has 2 fully saturated rings. The molecule has 24 heavy (non-hydrogen) atoms. The van der Waals surface area contributed by atoms with E-state index in [1.54, 1.807) is 19.5 Å². The number of carbonyl (C=O) groups excluding carboxylic acids is 1. The van der Waals surface area contributed by atoms with Crippen LogP contribution in [0.5, 0.6) is 5.88 Å². The number of methoxy groups -OCH3 is 1. The minimum Gasteiger partial charge on any atom is -0.478 e. The summed E-state index contributed by atoms with van der Waals surface area (Å²) in [6.45, 7) is 2.85. The molecule has 132 valence electrons. The summed E-state index contributed by atoms with van der Waals surface area (Å²) in [5.74, 6) is 1.15. The number of rotatable bonds is 5. The molecule has 0 saturated carbocycles. The Bertz CT molecular complexity index is 542. The molecule has 2 amide bonds. The van der Waals surface area contributed by atoms with E-state index in [4.69, 9.17) is 9.47 Å². The fourth-order valence-corrected chi connectivity index (χ4v) is 3.11. The second kappa shape index (κ2) is 8.14. The zero-order valence-corrected chi connectivity index (χ0v) is 14.0. The number of nitrogens with one attached hydrogen (secondary N) is 2. The van der Waals surface area contributed by atoms with Crippen molar-refractivity contribution in [3.63, 3.8) is 0 Å². The van der Waals surface area contributed by atoms with E-state index in [1.165, 1.54) is 0 Å². The van der Waals surface area contributed by atoms with E-state index in [2.05, 4.69) is 20.6 Å². The monoisotopic (exact) mass is 335 g/mol. The van der Waals surface area contributed by atoms with Crippen LogP contribution in [0.2, 0.25) is 0 Å². The summed E-state index contributed by atoms with van der Waals surface area (Å²) in [4.78, 5) is 22.5. The lowest BCUT2D eigenvalue weighted by atomic mass is 10.1. The third-order valence-electron chi connectivity index (χ3n) is 4.49. The molecule has 2 saturated heterocycles. The molecule has 2 aliphatic heterocycles. The fourth-order valence-electron chi connectivity index (χ4n) is 3.11. The number of likely N-dealkylation sites (tertiary alicyclic amines) is 1. The molecule has 2 aliphatic rings. The van der Waals surface area contributed by atoms with Gasteiger partial charge in [0.1, 0.15) is 0 Å². The maximum atomic E-state index is 12.2. The highest BCUT2D eigenvalue weighted by Gasteiger charge is 2.24. The van der Waals surface area contributed by atoms with Gasteiger partial charge in [-0.25, -0.2) is 14.8 Å². The SMILES string of the molecule is COc1nccnc1NC1CCN(C(=O)NCC2CCCO2)CC1. The zero-order chi connectivity index (χ0) is 16.8. The first-order valence-corrected chi connectivity index (χ1v) is 8.52. The molecule has 1 aromatic rings. The normalized spacial score (nSPS) is 21.5. The van der Waals surface area contributed by atoms with Gasteiger partial charge in [0.15, 0.2) is 5.82 Å². The van der Waals surface area contributed by atoms with E-state index in [9.17, 15) is 4.79 Å². The van der Waals surface area contributed by atoms with Crippen LogP contribution in [0.4, 0.5) is 10.6 Å². The van der Waals surface area contributed by atoms with Crippen molar-refractivity contribution in [1.29, 1.82) is 0 Å². The Kier molecular flexibility index (Phi) is 5.68. The smallest absolute Gasteiger partial charge is 0.317 e. The summed E-state index contributed by atoms with van der Waals surface area (Å²) in [5.41, 5.74) is 0. The Balaban J connectivity index is 1.42. The van der Waals surface area contributed by atoms with Crippen molar-refractivity contribution >= 4 is 11.8 Å². The molecule has 3 heterocycles. The first kappa shape index (κ1) is 16.8. The van der Waals surface area contributed by atoms with Crippen LogP contribution in [0, 0.1) is 0 Å². The van der Waals surface area contributed by atoms with Crippen molar-refractivity contribution in [3.05, 3.63) is 12.4 Å². The van der Waals surface area contributed by atoms with Crippen molar-refractivity contribution < 1.29 is 14.3 Å². The number of carbonyl (C=O) groups is 1. The van der Waals surface area contributed by atoms with E-state index < -0.39 is 0 Å². The van der Waals surface area contributed by atoms with E-state index >= 15 is 0 Å². The minimum atomic E-state index is 0.000957. The molecule has 0 aromatic carbocycles. The highest BCUT2D eigenvalue weighted by molar-refractivity contribution is 5.74. The van der Waals surface area contributed by atoms with E-state index in [1.807, 2.05) is 4.90 Å². The van der Waals surface area contributed by atoms with Gasteiger partial charge in [0.05, 0.1) is 13.2 Å². The van der Waals surface area contributed by atoms with Crippen LogP contribution in [0.25, 0.3) is 0 Å². The third kappa shape index (κ3) is 4.25. The van der Waals surface area contributed by atoms with Gasteiger partial charge in [-0.2, -0.15) is 0 Å². The van der Waals surface area contributed by atoms with Crippen LogP contribution < -0.4 is 15.4 Å². The Morgan fingerprint density at radius 2 is 2.12 bits per heavy atom. The second-order valence-electron chi connectivity index (χ2n) is 6.14. The first-order valence-electron chi connectivity index (χ1n) is 8.52. The van der Waals surface area contributed by atoms with Gasteiger partial charge in [-0.15, -0.1) is 0 Å². The molecule has 8 heteroatoms. The summed E-state index contributed by atoms with van der Waals surface area (Å²) in [5, 5.41) is 6.34. The highest BCUT2D eigenvalue weighted by atomic mass is 16.5. The molecule has 0 bridgehead atoms. The lowest BCUT2D eigenvalue weighted by Crippen LogP contribution is -2.48. The molecule has 3 rings (SSSR count). The summed E-state index contributed by atoms with van der Waals surface area (Å²) in [7, 11) is 1.58. The number of urea groups is 1. The average molecular weight is 335 g/mol. The molecule has 1 atom stereocenters. The standard InChI is InChI=1S/C16H25N5O3/c1-23-15-14(17-6-7-18-15)20-12-4-8-21(9-5-12)16(22)19-11-13-3-2-10-24-13/h6-7,12-13H,2-5,8-11H2,1H3,(H,17,20)(H,19,22). The molecule has 1 unspecified atom stereocenters. The average Bonchev–Trinajstić information content (AvgIpc) is 3.14. The van der Waals surface area contributed by atoms with Crippen LogP contribution in [-0.4, -0.2) is 66.4 Å². The minimum absolute atomic E-state index is 0.000957. The maximum absolute atomic E-state index is 12.2. The zero-order valence-electron chi connectivity index (χ0n) is 14.0. The Morgan fingerprint density at radius 3 is 2.83 bits per heavy atom. The number of anilines is 1. The molecule has 1 aromatic heterocycles. The maximum Gasteiger partial charge on any atom is 0.317 e. The first-order chi connectivity index (χ1) is 11.8. The molecular formula is C16H25N5O3. The molecule has 2 N–H and O–H groups in total. The number of hydrogen-bond donors (Lipinski definition) is 2. The van der Waals surface area contributed by atoms with Gasteiger partial charge in [0.25, 0.3) is 5.88 Å². The van der Waals surface area contributed by atoms with Crippen LogP contribution in [0.15, 0.2) is 12.4 Å². The molecule has 0 radical (unpaired) electrons. The number of amides is 2. The van der Waals surface area contributed by atoms with Gasteiger partial charge in [-0.05, 0) is 25.7 Å². The fraction of sp³-hybridized carbons (Fsp3) is 0.688. The summed E-state index contributed by atoms with van der Waals surface area (Å²) in [6.07, 6.45) is 7.27. The van der Waals surface area contributed by atoms with Crippen LogP contribution in [-0.2, 0) is 4.74 Å². The van der Waals surface area contributed by atoms with Gasteiger partial charge in [-0.1, -0.05) is 0 Å². The van der Waals surface area contributed by atoms with E-state index in [0.717, 1.165) is 45.4 Å². The Morgan fingerprint density at radius 1 is 1.33 bits per heavy atom. The third-order valence-corrected chi connectivity index (χ3v) is 4.49. The number of ether oxygens (including phenoxy) is 2. The summed E-state index contributed by atoms with van der Waals surface area (Å²) < 4.78 is 10.7. The van der Waals surface area contributed by atoms with Gasteiger partial charge in [0.2, 0.25) is 0 Å². The summed E-state index contributed by atoms with van der Waals surface area (Å²) in [6, 6.07) is 0.263. The number of aromatic nitrogens is 2. The Hall–Kier alpha value is -2.09. The van der Waals surface area contributed by atoms with Crippen molar-refractivity contribution in [2.45, 2.75) is 37.8 Å². The topological polar surface area (TPSA) is 88.6 Å². The predicted octanol–water partition coefficient (Wildman–Crippen LogP) is 1.25. The Labute approximate surface area is 141 Å². The van der Waals surface area contributed by atoms with Crippen LogP contribution >= 0.6 is 0 Å².